The fourth-order valence-electron chi connectivity index (χ4n) is 3.20. The zero-order chi connectivity index (χ0) is 23.8. The van der Waals surface area contributed by atoms with E-state index in [1.165, 1.54) is 23.5 Å². The first kappa shape index (κ1) is 24.2. The number of nitrogens with one attached hydrogen (secondary N) is 1. The van der Waals surface area contributed by atoms with E-state index in [9.17, 15) is 9.18 Å². The summed E-state index contributed by atoms with van der Waals surface area (Å²) in [6.07, 6.45) is 1.61. The van der Waals surface area contributed by atoms with Crippen molar-refractivity contribution in [1.29, 1.82) is 0 Å². The van der Waals surface area contributed by atoms with Gasteiger partial charge in [0.05, 0.1) is 15.9 Å². The minimum Gasteiger partial charge on any atom is -0.368 e. The van der Waals surface area contributed by atoms with Gasteiger partial charge in [0.25, 0.3) is 5.91 Å². The standard InChI is InChI=1S/C22H21FN6OS.C2H6/c1-25-9-10-29(13-14-3-2-4-16(23)11-14)21(30)20-27-18-6-5-15(12-19(18)31-20)17-7-8-26-22(24)28-17;1-2/h2-8,11-12,25H,9-10,13H2,1H3,(H2,24,26,28);1-2H3. The normalized spacial score (nSPS) is 10.5. The van der Waals surface area contributed by atoms with Crippen LogP contribution in [0.2, 0.25) is 0 Å². The van der Waals surface area contributed by atoms with Gasteiger partial charge in [-0.05, 0) is 42.9 Å². The Bertz CT molecular complexity index is 1230. The second-order valence-electron chi connectivity index (χ2n) is 6.96. The van der Waals surface area contributed by atoms with Crippen LogP contribution in [0.4, 0.5) is 10.3 Å². The van der Waals surface area contributed by atoms with Crippen molar-refractivity contribution in [3.05, 3.63) is 71.1 Å². The third-order valence-corrected chi connectivity index (χ3v) is 5.73. The van der Waals surface area contributed by atoms with Crippen LogP contribution in [0.1, 0.15) is 29.2 Å². The van der Waals surface area contributed by atoms with E-state index in [0.717, 1.165) is 21.3 Å². The van der Waals surface area contributed by atoms with Crippen molar-refractivity contribution in [2.24, 2.45) is 0 Å². The molecular weight excluding hydrogens is 439 g/mol. The van der Waals surface area contributed by atoms with Gasteiger partial charge in [0.1, 0.15) is 5.82 Å². The summed E-state index contributed by atoms with van der Waals surface area (Å²) in [4.78, 5) is 27.6. The third kappa shape index (κ3) is 6.09. The molecule has 0 spiro atoms. The van der Waals surface area contributed by atoms with Gasteiger partial charge in [0.15, 0.2) is 5.01 Å². The molecule has 2 aromatic heterocycles. The molecule has 1 amide bonds. The van der Waals surface area contributed by atoms with Crippen LogP contribution in [0.25, 0.3) is 21.5 Å². The Hall–Kier alpha value is -3.43. The summed E-state index contributed by atoms with van der Waals surface area (Å²) in [5, 5.41) is 3.44. The maximum atomic E-state index is 13.6. The summed E-state index contributed by atoms with van der Waals surface area (Å²) < 4.78 is 14.5. The van der Waals surface area contributed by atoms with Gasteiger partial charge in [-0.25, -0.2) is 19.3 Å². The second-order valence-corrected chi connectivity index (χ2v) is 7.99. The van der Waals surface area contributed by atoms with Crippen molar-refractivity contribution in [3.63, 3.8) is 0 Å². The molecule has 4 rings (SSSR count). The number of rotatable bonds is 7. The van der Waals surface area contributed by atoms with Crippen LogP contribution in [0, 0.1) is 5.82 Å². The molecule has 3 N–H and O–H groups in total. The first-order valence-corrected chi connectivity index (χ1v) is 11.5. The second kappa shape index (κ2) is 11.4. The molecule has 0 aliphatic carbocycles. The summed E-state index contributed by atoms with van der Waals surface area (Å²) in [7, 11) is 1.82. The SMILES string of the molecule is CC.CNCCN(Cc1cccc(F)c1)C(=O)c1nc2ccc(-c3ccnc(N)n3)cc2s1. The summed E-state index contributed by atoms with van der Waals surface area (Å²) in [6.45, 7) is 5.40. The van der Waals surface area contributed by atoms with Gasteiger partial charge in [0.2, 0.25) is 5.95 Å². The molecule has 2 heterocycles. The van der Waals surface area contributed by atoms with Crippen LogP contribution >= 0.6 is 11.3 Å². The number of benzene rings is 2. The van der Waals surface area contributed by atoms with Crippen molar-refractivity contribution in [3.8, 4) is 11.3 Å². The summed E-state index contributed by atoms with van der Waals surface area (Å²) in [5.41, 5.74) is 8.73. The average molecular weight is 467 g/mol. The van der Waals surface area contributed by atoms with Crippen LogP contribution in [0.15, 0.2) is 54.7 Å². The molecule has 33 heavy (non-hydrogen) atoms. The number of anilines is 1. The summed E-state index contributed by atoms with van der Waals surface area (Å²) in [5.74, 6) is -0.305. The van der Waals surface area contributed by atoms with E-state index in [1.807, 2.05) is 39.1 Å². The minimum absolute atomic E-state index is 0.187. The topological polar surface area (TPSA) is 97.0 Å². The fourth-order valence-corrected chi connectivity index (χ4v) is 4.17. The van der Waals surface area contributed by atoms with E-state index in [4.69, 9.17) is 5.73 Å². The lowest BCUT2D eigenvalue weighted by atomic mass is 10.1. The van der Waals surface area contributed by atoms with E-state index in [1.54, 1.807) is 29.3 Å². The number of amides is 1. The van der Waals surface area contributed by atoms with Crippen LogP contribution in [0.3, 0.4) is 0 Å². The summed E-state index contributed by atoms with van der Waals surface area (Å²) in [6, 6.07) is 13.8. The molecule has 0 saturated carbocycles. The molecule has 0 aliphatic heterocycles. The van der Waals surface area contributed by atoms with E-state index < -0.39 is 0 Å². The predicted octanol–water partition coefficient (Wildman–Crippen LogP) is 4.36. The molecule has 0 aliphatic rings. The smallest absolute Gasteiger partial charge is 0.283 e. The van der Waals surface area contributed by atoms with Gasteiger partial charge in [-0.1, -0.05) is 32.0 Å². The monoisotopic (exact) mass is 466 g/mol. The van der Waals surface area contributed by atoms with Crippen LogP contribution in [0.5, 0.6) is 0 Å². The molecule has 7 nitrogen and oxygen atoms in total. The number of likely N-dealkylation sites (N-methyl/N-ethyl adjacent to an activating group) is 1. The van der Waals surface area contributed by atoms with Crippen molar-refractivity contribution in [2.45, 2.75) is 20.4 Å². The molecule has 172 valence electrons. The zero-order valence-electron chi connectivity index (χ0n) is 18.9. The number of nitrogens with zero attached hydrogens (tertiary/aromatic N) is 4. The van der Waals surface area contributed by atoms with E-state index in [2.05, 4.69) is 20.3 Å². The average Bonchev–Trinajstić information content (AvgIpc) is 3.26. The van der Waals surface area contributed by atoms with Gasteiger partial charge >= 0.3 is 0 Å². The first-order chi connectivity index (χ1) is 16.0. The van der Waals surface area contributed by atoms with Gasteiger partial charge < -0.3 is 16.0 Å². The molecular formula is C24H27FN6OS. The predicted molar refractivity (Wildman–Crippen MR) is 131 cm³/mol. The maximum Gasteiger partial charge on any atom is 0.283 e. The Labute approximate surface area is 196 Å². The largest absolute Gasteiger partial charge is 0.368 e. The molecule has 0 unspecified atom stereocenters. The Morgan fingerprint density at radius 2 is 1.97 bits per heavy atom. The zero-order valence-corrected chi connectivity index (χ0v) is 19.7. The molecule has 0 saturated heterocycles. The number of carbonyl (C=O) groups is 1. The Morgan fingerprint density at radius 1 is 1.15 bits per heavy atom. The Balaban J connectivity index is 0.00000149. The quantitative estimate of drug-likeness (QED) is 0.420. The number of nitrogens with two attached hydrogens (primary N) is 1. The van der Waals surface area contributed by atoms with Crippen molar-refractivity contribution in [2.75, 3.05) is 25.9 Å². The Kier molecular flexibility index (Phi) is 8.39. The van der Waals surface area contributed by atoms with Gasteiger partial charge in [-0.15, -0.1) is 11.3 Å². The molecule has 0 atom stereocenters. The number of hydrogen-bond acceptors (Lipinski definition) is 7. The number of thiazole rings is 1. The number of hydrogen-bond donors (Lipinski definition) is 2. The lowest BCUT2D eigenvalue weighted by Crippen LogP contribution is -2.35. The van der Waals surface area contributed by atoms with Crippen molar-refractivity contribution >= 4 is 33.4 Å². The molecule has 0 radical (unpaired) electrons. The van der Waals surface area contributed by atoms with Crippen LogP contribution < -0.4 is 11.1 Å². The maximum absolute atomic E-state index is 13.6. The Morgan fingerprint density at radius 3 is 2.70 bits per heavy atom. The lowest BCUT2D eigenvalue weighted by Gasteiger charge is -2.21. The van der Waals surface area contributed by atoms with Gasteiger partial charge in [-0.2, -0.15) is 0 Å². The molecule has 0 fully saturated rings. The molecule has 9 heteroatoms. The molecule has 4 aromatic rings. The highest BCUT2D eigenvalue weighted by molar-refractivity contribution is 7.20. The summed E-state index contributed by atoms with van der Waals surface area (Å²) >= 11 is 1.32. The number of aromatic nitrogens is 3. The first-order valence-electron chi connectivity index (χ1n) is 10.7. The van der Waals surface area contributed by atoms with Gasteiger partial charge in [-0.3, -0.25) is 4.79 Å². The minimum atomic E-state index is -0.323. The van der Waals surface area contributed by atoms with E-state index in [-0.39, 0.29) is 17.7 Å². The number of carbonyl (C=O) groups excluding carboxylic acids is 1. The van der Waals surface area contributed by atoms with E-state index >= 15 is 0 Å². The molecule has 2 aromatic carbocycles. The number of halogens is 1. The van der Waals surface area contributed by atoms with Crippen molar-refractivity contribution < 1.29 is 9.18 Å². The van der Waals surface area contributed by atoms with Crippen molar-refractivity contribution in [1.82, 2.24) is 25.2 Å². The van der Waals surface area contributed by atoms with Crippen LogP contribution in [-0.4, -0.2) is 45.9 Å². The lowest BCUT2D eigenvalue weighted by molar-refractivity contribution is 0.0745. The highest BCUT2D eigenvalue weighted by Crippen LogP contribution is 2.28. The van der Waals surface area contributed by atoms with E-state index in [0.29, 0.717) is 30.3 Å². The molecule has 0 bridgehead atoms. The highest BCUT2D eigenvalue weighted by atomic mass is 32.1. The third-order valence-electron chi connectivity index (χ3n) is 4.72. The number of nitrogen functional groups attached to an aromatic ring is 1. The fraction of sp³-hybridized carbons (Fsp3) is 0.250. The van der Waals surface area contributed by atoms with Gasteiger partial charge in [0, 0.05) is 31.4 Å². The number of fused-ring (bicyclic) bond motifs is 1. The van der Waals surface area contributed by atoms with Crippen LogP contribution in [-0.2, 0) is 6.54 Å². The highest BCUT2D eigenvalue weighted by Gasteiger charge is 2.20.